The third-order valence-electron chi connectivity index (χ3n) is 3.74. The lowest BCUT2D eigenvalue weighted by molar-refractivity contribution is 0.215. The minimum atomic E-state index is 0.0805. The van der Waals surface area contributed by atoms with Crippen molar-refractivity contribution in [3.05, 3.63) is 22.7 Å². The molecule has 1 N–H and O–H groups in total. The molecule has 1 fully saturated rings. The molecule has 0 atom stereocenters. The number of anilines is 1. The number of rotatable bonds is 5. The highest BCUT2D eigenvalue weighted by atomic mass is 35.5. The molecule has 1 aliphatic carbocycles. The predicted octanol–water partition coefficient (Wildman–Crippen LogP) is 2.87. The molecule has 0 saturated heterocycles. The number of aliphatic hydroxyl groups excluding tert-OH is 1. The SMILES string of the molecule is COc1cc(C)c(Cl)cc1N(C)CC1(CO)CC1. The van der Waals surface area contributed by atoms with E-state index in [0.717, 1.165) is 41.4 Å². The summed E-state index contributed by atoms with van der Waals surface area (Å²) >= 11 is 6.18. The standard InChI is InChI=1S/C14H20ClNO2/c1-10-6-13(18-3)12(7-11(10)15)16(2)8-14(9-17)4-5-14/h6-7,17H,4-5,8-9H2,1-3H3. The summed E-state index contributed by atoms with van der Waals surface area (Å²) < 4.78 is 5.41. The molecule has 18 heavy (non-hydrogen) atoms. The number of benzene rings is 1. The first kappa shape index (κ1) is 13.5. The van der Waals surface area contributed by atoms with Gasteiger partial charge in [-0.25, -0.2) is 0 Å². The van der Waals surface area contributed by atoms with Crippen molar-refractivity contribution in [2.45, 2.75) is 19.8 Å². The van der Waals surface area contributed by atoms with Crippen LogP contribution in [0, 0.1) is 12.3 Å². The summed E-state index contributed by atoms with van der Waals surface area (Å²) in [6.45, 7) is 3.04. The van der Waals surface area contributed by atoms with Crippen molar-refractivity contribution in [1.82, 2.24) is 0 Å². The maximum absolute atomic E-state index is 9.39. The monoisotopic (exact) mass is 269 g/mol. The van der Waals surface area contributed by atoms with Gasteiger partial charge in [0.15, 0.2) is 0 Å². The third kappa shape index (κ3) is 2.57. The number of aryl methyl sites for hydroxylation is 1. The van der Waals surface area contributed by atoms with Gasteiger partial charge >= 0.3 is 0 Å². The largest absolute Gasteiger partial charge is 0.495 e. The molecule has 0 bridgehead atoms. The van der Waals surface area contributed by atoms with E-state index in [2.05, 4.69) is 4.90 Å². The molecule has 100 valence electrons. The molecule has 1 aliphatic rings. The van der Waals surface area contributed by atoms with Gasteiger partial charge in [0.1, 0.15) is 5.75 Å². The molecule has 0 aromatic heterocycles. The lowest BCUT2D eigenvalue weighted by atomic mass is 10.1. The van der Waals surface area contributed by atoms with Crippen LogP contribution in [0.1, 0.15) is 18.4 Å². The Kier molecular flexibility index (Phi) is 3.74. The Morgan fingerprint density at radius 2 is 2.11 bits per heavy atom. The maximum Gasteiger partial charge on any atom is 0.142 e. The summed E-state index contributed by atoms with van der Waals surface area (Å²) in [6, 6.07) is 3.88. The number of methoxy groups -OCH3 is 1. The highest BCUT2D eigenvalue weighted by Crippen LogP contribution is 2.47. The fraction of sp³-hybridized carbons (Fsp3) is 0.571. The van der Waals surface area contributed by atoms with Crippen molar-refractivity contribution in [3.63, 3.8) is 0 Å². The van der Waals surface area contributed by atoms with Crippen molar-refractivity contribution < 1.29 is 9.84 Å². The van der Waals surface area contributed by atoms with Crippen molar-refractivity contribution in [2.24, 2.45) is 5.41 Å². The molecule has 2 rings (SSSR count). The van der Waals surface area contributed by atoms with Crippen LogP contribution >= 0.6 is 11.6 Å². The fourth-order valence-corrected chi connectivity index (χ4v) is 2.40. The first-order valence-electron chi connectivity index (χ1n) is 6.17. The molecular weight excluding hydrogens is 250 g/mol. The van der Waals surface area contributed by atoms with E-state index in [1.165, 1.54) is 0 Å². The van der Waals surface area contributed by atoms with Crippen LogP contribution in [-0.4, -0.2) is 32.4 Å². The molecule has 0 radical (unpaired) electrons. The van der Waals surface area contributed by atoms with E-state index in [1.54, 1.807) is 7.11 Å². The Morgan fingerprint density at radius 3 is 2.61 bits per heavy atom. The smallest absolute Gasteiger partial charge is 0.142 e. The van der Waals surface area contributed by atoms with Crippen molar-refractivity contribution in [1.29, 1.82) is 0 Å². The molecule has 0 heterocycles. The highest BCUT2D eigenvalue weighted by molar-refractivity contribution is 6.31. The van der Waals surface area contributed by atoms with Crippen molar-refractivity contribution in [2.75, 3.05) is 32.2 Å². The second-order valence-corrected chi connectivity index (χ2v) is 5.69. The number of hydrogen-bond acceptors (Lipinski definition) is 3. The van der Waals surface area contributed by atoms with Crippen LogP contribution in [0.2, 0.25) is 5.02 Å². The van der Waals surface area contributed by atoms with Gasteiger partial charge in [-0.15, -0.1) is 0 Å². The Morgan fingerprint density at radius 1 is 1.44 bits per heavy atom. The number of nitrogens with zero attached hydrogens (tertiary/aromatic N) is 1. The van der Waals surface area contributed by atoms with Crippen LogP contribution in [0.5, 0.6) is 5.75 Å². The van der Waals surface area contributed by atoms with E-state index in [4.69, 9.17) is 16.3 Å². The Balaban J connectivity index is 2.23. The van der Waals surface area contributed by atoms with Gasteiger partial charge < -0.3 is 14.7 Å². The van der Waals surface area contributed by atoms with Crippen LogP contribution in [0.15, 0.2) is 12.1 Å². The van der Waals surface area contributed by atoms with Crippen LogP contribution in [0.3, 0.4) is 0 Å². The number of aliphatic hydroxyl groups is 1. The summed E-state index contributed by atoms with van der Waals surface area (Å²) in [5.74, 6) is 0.827. The zero-order chi connectivity index (χ0) is 13.3. The van der Waals surface area contributed by atoms with E-state index in [0.29, 0.717) is 0 Å². The fourth-order valence-electron chi connectivity index (χ4n) is 2.24. The second-order valence-electron chi connectivity index (χ2n) is 5.29. The summed E-state index contributed by atoms with van der Waals surface area (Å²) in [6.07, 6.45) is 2.19. The van der Waals surface area contributed by atoms with E-state index >= 15 is 0 Å². The molecule has 3 nitrogen and oxygen atoms in total. The van der Waals surface area contributed by atoms with Crippen molar-refractivity contribution >= 4 is 17.3 Å². The zero-order valence-corrected chi connectivity index (χ0v) is 11.9. The van der Waals surface area contributed by atoms with E-state index in [1.807, 2.05) is 26.1 Å². The molecular formula is C14H20ClNO2. The van der Waals surface area contributed by atoms with E-state index in [9.17, 15) is 5.11 Å². The molecule has 0 spiro atoms. The second kappa shape index (κ2) is 4.98. The summed E-state index contributed by atoms with van der Waals surface area (Å²) in [4.78, 5) is 2.12. The number of halogens is 1. The summed E-state index contributed by atoms with van der Waals surface area (Å²) in [5.41, 5.74) is 2.07. The van der Waals surface area contributed by atoms with E-state index < -0.39 is 0 Å². The first-order valence-corrected chi connectivity index (χ1v) is 6.55. The zero-order valence-electron chi connectivity index (χ0n) is 11.2. The Hall–Kier alpha value is -0.930. The minimum Gasteiger partial charge on any atom is -0.495 e. The number of ether oxygens (including phenoxy) is 1. The van der Waals surface area contributed by atoms with Gasteiger partial charge in [0.2, 0.25) is 0 Å². The van der Waals surface area contributed by atoms with Crippen LogP contribution in [0.25, 0.3) is 0 Å². The summed E-state index contributed by atoms with van der Waals surface area (Å²) in [5, 5.41) is 10.1. The highest BCUT2D eigenvalue weighted by Gasteiger charge is 2.43. The lowest BCUT2D eigenvalue weighted by Gasteiger charge is -2.26. The molecule has 0 unspecified atom stereocenters. The quantitative estimate of drug-likeness (QED) is 0.892. The van der Waals surface area contributed by atoms with Crippen molar-refractivity contribution in [3.8, 4) is 5.75 Å². The average Bonchev–Trinajstić information content (AvgIpc) is 3.12. The molecule has 1 aromatic carbocycles. The molecule has 4 heteroatoms. The van der Waals surface area contributed by atoms with Crippen LogP contribution < -0.4 is 9.64 Å². The van der Waals surface area contributed by atoms with E-state index in [-0.39, 0.29) is 12.0 Å². The normalized spacial score (nSPS) is 16.5. The predicted molar refractivity (Wildman–Crippen MR) is 74.8 cm³/mol. The van der Waals surface area contributed by atoms with Gasteiger partial charge in [0.05, 0.1) is 19.4 Å². The number of hydrogen-bond donors (Lipinski definition) is 1. The molecule has 1 saturated carbocycles. The van der Waals surface area contributed by atoms with Gasteiger partial charge in [-0.2, -0.15) is 0 Å². The van der Waals surface area contributed by atoms with Crippen LogP contribution in [0.4, 0.5) is 5.69 Å². The lowest BCUT2D eigenvalue weighted by Crippen LogP contribution is -2.29. The average molecular weight is 270 g/mol. The first-order chi connectivity index (χ1) is 8.51. The Labute approximate surface area is 113 Å². The van der Waals surface area contributed by atoms with Gasteiger partial charge in [-0.1, -0.05) is 11.6 Å². The maximum atomic E-state index is 9.39. The topological polar surface area (TPSA) is 32.7 Å². The summed E-state index contributed by atoms with van der Waals surface area (Å²) in [7, 11) is 3.68. The van der Waals surface area contributed by atoms with Gasteiger partial charge in [0.25, 0.3) is 0 Å². The molecule has 1 aromatic rings. The molecule has 0 aliphatic heterocycles. The van der Waals surface area contributed by atoms with Crippen LogP contribution in [-0.2, 0) is 0 Å². The van der Waals surface area contributed by atoms with Gasteiger partial charge in [0, 0.05) is 24.0 Å². The van der Waals surface area contributed by atoms with Gasteiger partial charge in [-0.3, -0.25) is 0 Å². The van der Waals surface area contributed by atoms with Gasteiger partial charge in [-0.05, 0) is 37.5 Å². The minimum absolute atomic E-state index is 0.0805. The third-order valence-corrected chi connectivity index (χ3v) is 4.14. The Bertz CT molecular complexity index is 444. The molecule has 0 amide bonds.